The van der Waals surface area contributed by atoms with E-state index in [1.807, 2.05) is 6.26 Å². The molecule has 0 radical (unpaired) electrons. The second-order valence-electron chi connectivity index (χ2n) is 10.1. The Morgan fingerprint density at radius 2 is 2.05 bits per heavy atom. The van der Waals surface area contributed by atoms with Gasteiger partial charge in [0.1, 0.15) is 5.82 Å². The molecule has 0 spiro atoms. The van der Waals surface area contributed by atoms with Gasteiger partial charge < -0.3 is 4.43 Å². The lowest BCUT2D eigenvalue weighted by atomic mass is 10.1. The van der Waals surface area contributed by atoms with Gasteiger partial charge in [0, 0.05) is 30.6 Å². The maximum atomic E-state index is 14.3. The highest BCUT2D eigenvalue weighted by Crippen LogP contribution is 2.36. The maximum absolute atomic E-state index is 14.3. The largest absolute Gasteiger partial charge is 0.417 e. The Labute approximate surface area is 227 Å². The Bertz CT molecular complexity index is 1220. The van der Waals surface area contributed by atoms with Crippen molar-refractivity contribution in [2.24, 2.45) is 5.92 Å². The molecule has 0 bridgehead atoms. The Balaban J connectivity index is 1.71. The number of hydrogen-bond donors (Lipinski definition) is 2. The van der Waals surface area contributed by atoms with E-state index in [1.54, 1.807) is 29.2 Å². The lowest BCUT2D eigenvalue weighted by molar-refractivity contribution is -0.125. The Hall–Kier alpha value is -2.54. The SMILES string of the molecule is CSc1nccc(-c2cc(F)nc(NNC(=O)C(CCO[Si](C)(C)C(C)(C)C)Cn3cc(Cl)cn3)c2)n1. The van der Waals surface area contributed by atoms with Gasteiger partial charge in [-0.25, -0.2) is 15.0 Å². The van der Waals surface area contributed by atoms with Crippen LogP contribution in [-0.2, 0) is 15.8 Å². The number of hydrogen-bond acceptors (Lipinski definition) is 8. The van der Waals surface area contributed by atoms with Crippen LogP contribution >= 0.6 is 23.4 Å². The molecular formula is C24H33ClFN7O2SSi. The minimum absolute atomic E-state index is 0.0584. The quantitative estimate of drug-likeness (QED) is 0.104. The van der Waals surface area contributed by atoms with Crippen LogP contribution in [0.1, 0.15) is 27.2 Å². The van der Waals surface area contributed by atoms with E-state index < -0.39 is 20.2 Å². The van der Waals surface area contributed by atoms with Gasteiger partial charge in [-0.3, -0.25) is 20.3 Å². The van der Waals surface area contributed by atoms with Gasteiger partial charge in [0.05, 0.1) is 29.4 Å². The molecule has 0 aromatic carbocycles. The summed E-state index contributed by atoms with van der Waals surface area (Å²) in [5, 5.41) is 5.31. The summed E-state index contributed by atoms with van der Waals surface area (Å²) in [5.74, 6) is -1.34. The maximum Gasteiger partial charge on any atom is 0.243 e. The molecule has 1 atom stereocenters. The molecule has 3 aromatic heterocycles. The highest BCUT2D eigenvalue weighted by Gasteiger charge is 2.37. The molecule has 2 N–H and O–H groups in total. The molecule has 3 rings (SSSR count). The summed E-state index contributed by atoms with van der Waals surface area (Å²) in [4.78, 5) is 25.6. The predicted octanol–water partition coefficient (Wildman–Crippen LogP) is 5.42. The summed E-state index contributed by atoms with van der Waals surface area (Å²) in [5.41, 5.74) is 6.45. The standard InChI is InChI=1S/C24H33ClFN7O2SSi/c1-24(2,3)37(5,6)35-10-8-16(14-33-15-18(25)13-28-33)22(34)32-31-21-12-17(11-20(26)30-21)19-7-9-27-23(29-19)36-4/h7,9,11-13,15-16H,8,10,14H2,1-6H3,(H,30,31)(H,32,34). The zero-order valence-corrected chi connectivity index (χ0v) is 24.5. The number of pyridine rings is 1. The second-order valence-corrected chi connectivity index (χ2v) is 16.1. The molecule has 9 nitrogen and oxygen atoms in total. The van der Waals surface area contributed by atoms with Gasteiger partial charge in [0.15, 0.2) is 13.5 Å². The average Bonchev–Trinajstić information content (AvgIpc) is 3.25. The van der Waals surface area contributed by atoms with Crippen LogP contribution in [0.15, 0.2) is 41.9 Å². The summed E-state index contributed by atoms with van der Waals surface area (Å²) in [7, 11) is -1.97. The van der Waals surface area contributed by atoms with Gasteiger partial charge in [0.2, 0.25) is 11.9 Å². The van der Waals surface area contributed by atoms with E-state index in [1.165, 1.54) is 24.0 Å². The van der Waals surface area contributed by atoms with Crippen LogP contribution in [0.5, 0.6) is 0 Å². The molecule has 0 aliphatic heterocycles. The van der Waals surface area contributed by atoms with Gasteiger partial charge in [-0.05, 0) is 42.9 Å². The van der Waals surface area contributed by atoms with E-state index in [2.05, 4.69) is 64.8 Å². The van der Waals surface area contributed by atoms with Crippen LogP contribution in [-0.4, -0.2) is 51.8 Å². The van der Waals surface area contributed by atoms with Crippen LogP contribution < -0.4 is 10.9 Å². The highest BCUT2D eigenvalue weighted by molar-refractivity contribution is 7.98. The number of halogens is 2. The van der Waals surface area contributed by atoms with Gasteiger partial charge >= 0.3 is 0 Å². The van der Waals surface area contributed by atoms with Crippen LogP contribution in [0.3, 0.4) is 0 Å². The zero-order chi connectivity index (χ0) is 27.2. The number of amides is 1. The highest BCUT2D eigenvalue weighted by atomic mass is 35.5. The fourth-order valence-corrected chi connectivity index (χ4v) is 4.75. The average molecular weight is 566 g/mol. The third-order valence-electron chi connectivity index (χ3n) is 6.34. The summed E-state index contributed by atoms with van der Waals surface area (Å²) >= 11 is 7.40. The topological polar surface area (TPSA) is 107 Å². The van der Waals surface area contributed by atoms with E-state index in [4.69, 9.17) is 16.0 Å². The van der Waals surface area contributed by atoms with Crippen molar-refractivity contribution in [3.05, 3.63) is 47.8 Å². The predicted molar refractivity (Wildman–Crippen MR) is 147 cm³/mol. The number of aromatic nitrogens is 5. The number of carbonyl (C=O) groups excluding carboxylic acids is 1. The molecule has 13 heteroatoms. The molecule has 3 aromatic rings. The van der Waals surface area contributed by atoms with Gasteiger partial charge in [-0.15, -0.1) is 0 Å². The van der Waals surface area contributed by atoms with Crippen molar-refractivity contribution in [3.8, 4) is 11.3 Å². The zero-order valence-electron chi connectivity index (χ0n) is 21.9. The molecule has 1 unspecified atom stereocenters. The van der Waals surface area contributed by atoms with E-state index in [9.17, 15) is 9.18 Å². The molecule has 0 aliphatic rings. The molecule has 0 saturated carbocycles. The third kappa shape index (κ3) is 8.22. The first-order valence-corrected chi connectivity index (χ1v) is 16.3. The van der Waals surface area contributed by atoms with Crippen molar-refractivity contribution in [3.63, 3.8) is 0 Å². The second kappa shape index (κ2) is 12.3. The number of thioether (sulfide) groups is 1. The summed E-state index contributed by atoms with van der Waals surface area (Å²) in [6.45, 7) is 11.6. The molecule has 3 heterocycles. The molecular weight excluding hydrogens is 533 g/mol. The van der Waals surface area contributed by atoms with Crippen molar-refractivity contribution in [1.29, 1.82) is 0 Å². The van der Waals surface area contributed by atoms with Crippen LogP contribution in [0.4, 0.5) is 10.2 Å². The minimum Gasteiger partial charge on any atom is -0.417 e. The lowest BCUT2D eigenvalue weighted by Gasteiger charge is -2.36. The monoisotopic (exact) mass is 565 g/mol. The number of nitrogens with one attached hydrogen (secondary N) is 2. The first-order valence-electron chi connectivity index (χ1n) is 11.8. The molecule has 0 fully saturated rings. The minimum atomic E-state index is -1.97. The molecule has 1 amide bonds. The fourth-order valence-electron chi connectivity index (χ4n) is 3.18. The summed E-state index contributed by atoms with van der Waals surface area (Å²) < 4.78 is 22.2. The number of rotatable bonds is 11. The molecule has 37 heavy (non-hydrogen) atoms. The number of carbonyl (C=O) groups is 1. The van der Waals surface area contributed by atoms with Gasteiger partial charge in [-0.1, -0.05) is 44.1 Å². The molecule has 200 valence electrons. The van der Waals surface area contributed by atoms with Crippen LogP contribution in [0.25, 0.3) is 11.3 Å². The third-order valence-corrected chi connectivity index (χ3v) is 11.6. The fraction of sp³-hybridized carbons (Fsp3) is 0.458. The van der Waals surface area contributed by atoms with E-state index in [0.29, 0.717) is 41.0 Å². The first kappa shape index (κ1) is 29.0. The van der Waals surface area contributed by atoms with Gasteiger partial charge in [0.25, 0.3) is 0 Å². The molecule has 0 saturated heterocycles. The number of hydrazine groups is 1. The van der Waals surface area contributed by atoms with E-state index >= 15 is 0 Å². The van der Waals surface area contributed by atoms with E-state index in [0.717, 1.165) is 0 Å². The van der Waals surface area contributed by atoms with Crippen molar-refractivity contribution in [1.82, 2.24) is 30.2 Å². The number of nitrogens with zero attached hydrogens (tertiary/aromatic N) is 5. The van der Waals surface area contributed by atoms with Crippen molar-refractivity contribution in [2.45, 2.75) is 57.0 Å². The molecule has 0 aliphatic carbocycles. The van der Waals surface area contributed by atoms with Gasteiger partial charge in [-0.2, -0.15) is 9.49 Å². The number of anilines is 1. The normalized spacial score (nSPS) is 12.9. The first-order chi connectivity index (χ1) is 17.4. The van der Waals surface area contributed by atoms with E-state index in [-0.39, 0.29) is 16.8 Å². The van der Waals surface area contributed by atoms with Crippen LogP contribution in [0.2, 0.25) is 23.2 Å². The Morgan fingerprint density at radius 1 is 1.30 bits per heavy atom. The van der Waals surface area contributed by atoms with Crippen molar-refractivity contribution in [2.75, 3.05) is 18.3 Å². The van der Waals surface area contributed by atoms with Crippen LogP contribution in [0, 0.1) is 11.9 Å². The Morgan fingerprint density at radius 3 is 2.70 bits per heavy atom. The van der Waals surface area contributed by atoms with Crippen molar-refractivity contribution >= 4 is 43.4 Å². The Kier molecular flexibility index (Phi) is 9.67. The lowest BCUT2D eigenvalue weighted by Crippen LogP contribution is -2.42. The van der Waals surface area contributed by atoms with Crippen molar-refractivity contribution < 1.29 is 13.6 Å². The smallest absolute Gasteiger partial charge is 0.243 e. The summed E-state index contributed by atoms with van der Waals surface area (Å²) in [6, 6.07) is 4.57. The summed E-state index contributed by atoms with van der Waals surface area (Å²) in [6.07, 6.45) is 7.13.